The number of ketones is 1. The van der Waals surface area contributed by atoms with Gasteiger partial charge in [-0.2, -0.15) is 0 Å². The van der Waals surface area contributed by atoms with E-state index in [1.807, 2.05) is 19.1 Å². The van der Waals surface area contributed by atoms with Crippen molar-refractivity contribution in [2.45, 2.75) is 19.8 Å². The molecule has 0 spiro atoms. The van der Waals surface area contributed by atoms with Gasteiger partial charge in [0.25, 0.3) is 0 Å². The Morgan fingerprint density at radius 2 is 2.06 bits per heavy atom. The van der Waals surface area contributed by atoms with Gasteiger partial charge >= 0.3 is 0 Å². The molecule has 0 fully saturated rings. The highest BCUT2D eigenvalue weighted by Crippen LogP contribution is 2.30. The summed E-state index contributed by atoms with van der Waals surface area (Å²) in [6.45, 7) is 1.88. The zero-order chi connectivity index (χ0) is 11.7. The molecule has 16 heavy (non-hydrogen) atoms. The van der Waals surface area contributed by atoms with E-state index in [1.165, 1.54) is 0 Å². The molecule has 0 aliphatic heterocycles. The normalized spacial score (nSPS) is 19.4. The van der Waals surface area contributed by atoms with Crippen molar-refractivity contribution in [1.82, 2.24) is 0 Å². The maximum absolute atomic E-state index is 13.0. The zero-order valence-electron chi connectivity index (χ0n) is 8.97. The minimum atomic E-state index is -0.946. The summed E-state index contributed by atoms with van der Waals surface area (Å²) >= 11 is 0. The van der Waals surface area contributed by atoms with Crippen LogP contribution in [0.3, 0.4) is 0 Å². The Hall–Kier alpha value is -1.51. The first-order valence-electron chi connectivity index (χ1n) is 5.26. The second-order valence-corrected chi connectivity index (χ2v) is 3.99. The van der Waals surface area contributed by atoms with Gasteiger partial charge in [-0.15, -0.1) is 0 Å². The lowest BCUT2D eigenvalue weighted by Crippen LogP contribution is -2.07. The molecule has 2 rings (SSSR count). The Labute approximate surface area is 92.8 Å². The van der Waals surface area contributed by atoms with Gasteiger partial charge in [0.15, 0.2) is 17.4 Å². The van der Waals surface area contributed by atoms with Gasteiger partial charge < -0.3 is 0 Å². The van der Waals surface area contributed by atoms with Crippen LogP contribution >= 0.6 is 0 Å². The van der Waals surface area contributed by atoms with Crippen LogP contribution in [0.1, 0.15) is 29.3 Å². The predicted octanol–water partition coefficient (Wildman–Crippen LogP) is 3.29. The van der Waals surface area contributed by atoms with Crippen LogP contribution in [0.5, 0.6) is 0 Å². The number of fused-ring (bicyclic) bond motifs is 1. The molecule has 1 aromatic rings. The Kier molecular flexibility index (Phi) is 2.86. The predicted molar refractivity (Wildman–Crippen MR) is 57.3 cm³/mol. The summed E-state index contributed by atoms with van der Waals surface area (Å²) < 4.78 is 26.0. The van der Waals surface area contributed by atoms with Crippen LogP contribution < -0.4 is 0 Å². The third kappa shape index (κ3) is 1.77. The van der Waals surface area contributed by atoms with Gasteiger partial charge in [-0.1, -0.05) is 12.2 Å². The maximum atomic E-state index is 13.0. The molecule has 3 heteroatoms. The summed E-state index contributed by atoms with van der Waals surface area (Å²) in [4.78, 5) is 11.8. The van der Waals surface area contributed by atoms with E-state index in [-0.39, 0.29) is 11.7 Å². The largest absolute Gasteiger partial charge is 0.294 e. The molecule has 1 atom stereocenters. The van der Waals surface area contributed by atoms with Gasteiger partial charge in [-0.25, -0.2) is 8.78 Å². The van der Waals surface area contributed by atoms with Crippen LogP contribution in [-0.2, 0) is 6.42 Å². The van der Waals surface area contributed by atoms with Gasteiger partial charge in [0, 0.05) is 11.5 Å². The Bertz CT molecular complexity index is 463. The van der Waals surface area contributed by atoms with Crippen LogP contribution in [-0.4, -0.2) is 5.78 Å². The summed E-state index contributed by atoms with van der Waals surface area (Å²) in [6.07, 6.45) is 4.92. The fourth-order valence-corrected chi connectivity index (χ4v) is 2.06. The molecular weight excluding hydrogens is 210 g/mol. The summed E-state index contributed by atoms with van der Waals surface area (Å²) in [5.41, 5.74) is 0.965. The summed E-state index contributed by atoms with van der Waals surface area (Å²) in [5.74, 6) is -2.06. The molecule has 0 saturated carbocycles. The number of hydrogen-bond donors (Lipinski definition) is 0. The number of carbonyl (C=O) groups excluding carboxylic acids is 1. The minimum Gasteiger partial charge on any atom is -0.294 e. The molecule has 84 valence electrons. The van der Waals surface area contributed by atoms with Crippen LogP contribution in [0.4, 0.5) is 8.78 Å². The second kappa shape index (κ2) is 4.16. The third-order valence-corrected chi connectivity index (χ3v) is 2.90. The maximum Gasteiger partial charge on any atom is 0.166 e. The van der Waals surface area contributed by atoms with Gasteiger partial charge in [0.1, 0.15) is 0 Å². The highest BCUT2D eigenvalue weighted by molar-refractivity contribution is 6.02. The average molecular weight is 222 g/mol. The van der Waals surface area contributed by atoms with Crippen molar-refractivity contribution in [2.24, 2.45) is 5.92 Å². The zero-order valence-corrected chi connectivity index (χ0v) is 8.97. The molecule has 0 radical (unpaired) electrons. The monoisotopic (exact) mass is 222 g/mol. The van der Waals surface area contributed by atoms with E-state index in [0.717, 1.165) is 12.1 Å². The number of benzene rings is 1. The summed E-state index contributed by atoms with van der Waals surface area (Å²) in [5, 5.41) is 0. The first-order chi connectivity index (χ1) is 7.63. The van der Waals surface area contributed by atoms with Crippen molar-refractivity contribution in [3.05, 3.63) is 47.0 Å². The molecule has 0 aromatic heterocycles. The standard InChI is InChI=1S/C13H12F2O/c1-2-3-4-8-5-9-6-11(14)12(15)7-10(9)13(8)16/h2-3,6-8H,4-5H2,1H3/t8-/m0/s1. The van der Waals surface area contributed by atoms with Gasteiger partial charge in [0.2, 0.25) is 0 Å². The van der Waals surface area contributed by atoms with E-state index in [4.69, 9.17) is 0 Å². The molecule has 1 aliphatic rings. The Balaban J connectivity index is 2.31. The molecule has 0 amide bonds. The van der Waals surface area contributed by atoms with E-state index in [1.54, 1.807) is 0 Å². The minimum absolute atomic E-state index is 0.0769. The van der Waals surface area contributed by atoms with Crippen molar-refractivity contribution in [2.75, 3.05) is 0 Å². The molecule has 0 unspecified atom stereocenters. The average Bonchev–Trinajstić information content (AvgIpc) is 2.54. The first kappa shape index (κ1) is 11.0. The lowest BCUT2D eigenvalue weighted by atomic mass is 10.0. The molecule has 1 aliphatic carbocycles. The number of allylic oxidation sites excluding steroid dienone is 2. The number of halogens is 2. The van der Waals surface area contributed by atoms with E-state index in [0.29, 0.717) is 24.0 Å². The van der Waals surface area contributed by atoms with Gasteiger partial charge in [-0.05, 0) is 37.5 Å². The third-order valence-electron chi connectivity index (χ3n) is 2.90. The Morgan fingerprint density at radius 1 is 1.38 bits per heavy atom. The van der Waals surface area contributed by atoms with Crippen LogP contribution in [0, 0.1) is 17.6 Å². The highest BCUT2D eigenvalue weighted by atomic mass is 19.2. The van der Waals surface area contributed by atoms with Crippen molar-refractivity contribution < 1.29 is 13.6 Å². The van der Waals surface area contributed by atoms with E-state index in [9.17, 15) is 13.6 Å². The van der Waals surface area contributed by atoms with Gasteiger partial charge in [0.05, 0.1) is 0 Å². The van der Waals surface area contributed by atoms with Crippen LogP contribution in [0.15, 0.2) is 24.3 Å². The van der Waals surface area contributed by atoms with E-state index < -0.39 is 11.6 Å². The first-order valence-corrected chi connectivity index (χ1v) is 5.26. The number of hydrogen-bond acceptors (Lipinski definition) is 1. The summed E-state index contributed by atoms with van der Waals surface area (Å²) in [7, 11) is 0. The number of Topliss-reactive ketones (excluding diaryl/α,β-unsaturated/α-hetero) is 1. The van der Waals surface area contributed by atoms with E-state index in [2.05, 4.69) is 0 Å². The number of carbonyl (C=O) groups is 1. The highest BCUT2D eigenvalue weighted by Gasteiger charge is 2.30. The molecule has 0 heterocycles. The van der Waals surface area contributed by atoms with Crippen molar-refractivity contribution >= 4 is 5.78 Å². The van der Waals surface area contributed by atoms with Crippen molar-refractivity contribution in [1.29, 1.82) is 0 Å². The van der Waals surface area contributed by atoms with Crippen molar-refractivity contribution in [3.8, 4) is 0 Å². The fourth-order valence-electron chi connectivity index (χ4n) is 2.06. The second-order valence-electron chi connectivity index (χ2n) is 3.99. The molecular formula is C13H12F2O. The van der Waals surface area contributed by atoms with E-state index >= 15 is 0 Å². The Morgan fingerprint density at radius 3 is 2.75 bits per heavy atom. The van der Waals surface area contributed by atoms with Gasteiger partial charge in [-0.3, -0.25) is 4.79 Å². The summed E-state index contributed by atoms with van der Waals surface area (Å²) in [6, 6.07) is 2.15. The molecule has 0 N–H and O–H groups in total. The SMILES string of the molecule is CC=CC[C@H]1Cc2cc(F)c(F)cc2C1=O. The smallest absolute Gasteiger partial charge is 0.166 e. The lowest BCUT2D eigenvalue weighted by molar-refractivity contribution is 0.0937. The quantitative estimate of drug-likeness (QED) is 0.702. The van der Waals surface area contributed by atoms with Crippen LogP contribution in [0.25, 0.3) is 0 Å². The topological polar surface area (TPSA) is 17.1 Å². The molecule has 0 bridgehead atoms. The van der Waals surface area contributed by atoms with Crippen molar-refractivity contribution in [3.63, 3.8) is 0 Å². The molecule has 1 nitrogen and oxygen atoms in total. The molecule has 1 aromatic carbocycles. The lowest BCUT2D eigenvalue weighted by Gasteiger charge is -2.01. The fraction of sp³-hybridized carbons (Fsp3) is 0.308. The number of rotatable bonds is 2. The van der Waals surface area contributed by atoms with Crippen LogP contribution in [0.2, 0.25) is 0 Å². The molecule has 0 saturated heterocycles.